The van der Waals surface area contributed by atoms with Crippen molar-refractivity contribution in [1.82, 2.24) is 4.98 Å². The van der Waals surface area contributed by atoms with E-state index in [0.29, 0.717) is 5.52 Å². The second-order valence-electron chi connectivity index (χ2n) is 3.77. The predicted molar refractivity (Wildman–Crippen MR) is 60.4 cm³/mol. The summed E-state index contributed by atoms with van der Waals surface area (Å²) in [5.74, 6) is -1.34. The van der Waals surface area contributed by atoms with E-state index in [1.807, 2.05) is 0 Å². The highest BCUT2D eigenvalue weighted by molar-refractivity contribution is 5.84. The molecule has 4 nitrogen and oxygen atoms in total. The number of H-pyrrole nitrogens is 1. The summed E-state index contributed by atoms with van der Waals surface area (Å²) in [5.41, 5.74) is 1.45. The first-order valence-corrected chi connectivity index (χ1v) is 5.13. The van der Waals surface area contributed by atoms with Crippen molar-refractivity contribution in [3.63, 3.8) is 0 Å². The number of carboxylic acid groups (broad SMARTS) is 1. The lowest BCUT2D eigenvalue weighted by molar-refractivity contribution is -0.148. The second-order valence-corrected chi connectivity index (χ2v) is 3.77. The third-order valence-corrected chi connectivity index (χ3v) is 2.69. The molecule has 1 aromatic heterocycles. The van der Waals surface area contributed by atoms with Crippen LogP contribution in [-0.2, 0) is 16.0 Å². The lowest BCUT2D eigenvalue weighted by Gasteiger charge is -2.09. The number of nitrogens with one attached hydrogen (secondary N) is 1. The van der Waals surface area contributed by atoms with Crippen LogP contribution in [0.4, 0.5) is 4.39 Å². The van der Waals surface area contributed by atoms with Crippen molar-refractivity contribution in [1.29, 1.82) is 0 Å². The van der Waals surface area contributed by atoms with Gasteiger partial charge in [0, 0.05) is 30.6 Å². The van der Waals surface area contributed by atoms with Crippen molar-refractivity contribution in [2.75, 3.05) is 7.11 Å². The molecule has 0 spiro atoms. The van der Waals surface area contributed by atoms with Gasteiger partial charge in [0.25, 0.3) is 0 Å². The molecule has 5 heteroatoms. The normalized spacial score (nSPS) is 12.8. The maximum atomic E-state index is 13.0. The van der Waals surface area contributed by atoms with E-state index in [1.54, 1.807) is 12.3 Å². The molecule has 0 unspecified atom stereocenters. The second kappa shape index (κ2) is 4.55. The number of aliphatic carboxylic acids is 1. The maximum absolute atomic E-state index is 13.0. The van der Waals surface area contributed by atoms with Crippen LogP contribution in [0.15, 0.2) is 24.4 Å². The number of aromatic nitrogens is 1. The number of hydrogen-bond donors (Lipinski definition) is 2. The third kappa shape index (κ3) is 2.29. The first kappa shape index (κ1) is 11.6. The lowest BCUT2D eigenvalue weighted by atomic mass is 10.1. The van der Waals surface area contributed by atoms with Crippen molar-refractivity contribution in [2.45, 2.75) is 12.5 Å². The minimum Gasteiger partial charge on any atom is -0.479 e. The summed E-state index contributed by atoms with van der Waals surface area (Å²) >= 11 is 0. The van der Waals surface area contributed by atoms with Crippen LogP contribution in [0.3, 0.4) is 0 Å². The van der Waals surface area contributed by atoms with Gasteiger partial charge in [-0.25, -0.2) is 9.18 Å². The molecular weight excluding hydrogens is 225 g/mol. The number of carbonyl (C=O) groups is 1. The number of aromatic amines is 1. The van der Waals surface area contributed by atoms with Crippen molar-refractivity contribution >= 4 is 16.9 Å². The first-order chi connectivity index (χ1) is 8.11. The molecule has 0 saturated heterocycles. The van der Waals surface area contributed by atoms with Crippen LogP contribution in [0, 0.1) is 5.82 Å². The molecular formula is C12H12FNO3. The van der Waals surface area contributed by atoms with Crippen LogP contribution in [0.1, 0.15) is 5.56 Å². The summed E-state index contributed by atoms with van der Waals surface area (Å²) in [6.45, 7) is 0. The fourth-order valence-corrected chi connectivity index (χ4v) is 1.80. The molecule has 2 N–H and O–H groups in total. The number of rotatable bonds is 4. The van der Waals surface area contributed by atoms with Crippen LogP contribution in [0.5, 0.6) is 0 Å². The Morgan fingerprint density at radius 3 is 3.00 bits per heavy atom. The summed E-state index contributed by atoms with van der Waals surface area (Å²) in [7, 11) is 1.35. The van der Waals surface area contributed by atoms with Crippen LogP contribution < -0.4 is 0 Å². The molecule has 0 aliphatic heterocycles. The highest BCUT2D eigenvalue weighted by atomic mass is 19.1. The summed E-state index contributed by atoms with van der Waals surface area (Å²) in [4.78, 5) is 13.8. The molecule has 1 aromatic carbocycles. The SMILES string of the molecule is CO[C@@H](Cc1c[nH]c2cc(F)ccc12)C(=O)O. The zero-order chi connectivity index (χ0) is 12.4. The molecule has 0 bridgehead atoms. The Labute approximate surface area is 97.0 Å². The monoisotopic (exact) mass is 237 g/mol. The molecule has 0 saturated carbocycles. The zero-order valence-corrected chi connectivity index (χ0v) is 9.24. The molecule has 1 atom stereocenters. The summed E-state index contributed by atoms with van der Waals surface area (Å²) < 4.78 is 17.8. The van der Waals surface area contributed by atoms with Gasteiger partial charge in [0.2, 0.25) is 0 Å². The van der Waals surface area contributed by atoms with Crippen LogP contribution >= 0.6 is 0 Å². The average molecular weight is 237 g/mol. The van der Waals surface area contributed by atoms with Crippen LogP contribution in [0.2, 0.25) is 0 Å². The summed E-state index contributed by atoms with van der Waals surface area (Å²) in [6.07, 6.45) is 1.04. The smallest absolute Gasteiger partial charge is 0.333 e. The van der Waals surface area contributed by atoms with E-state index >= 15 is 0 Å². The molecule has 2 rings (SSSR count). The van der Waals surface area contributed by atoms with Gasteiger partial charge in [0.15, 0.2) is 6.10 Å². The van der Waals surface area contributed by atoms with Gasteiger partial charge in [-0.1, -0.05) is 0 Å². The molecule has 0 radical (unpaired) electrons. The standard InChI is InChI=1S/C12H12FNO3/c1-17-11(12(15)16)4-7-6-14-10-5-8(13)2-3-9(7)10/h2-3,5-6,11,14H,4H2,1H3,(H,15,16)/t11-/m0/s1. The fourth-order valence-electron chi connectivity index (χ4n) is 1.80. The van der Waals surface area contributed by atoms with E-state index < -0.39 is 12.1 Å². The topological polar surface area (TPSA) is 62.3 Å². The Morgan fingerprint density at radius 1 is 1.59 bits per heavy atom. The molecule has 0 fully saturated rings. The maximum Gasteiger partial charge on any atom is 0.333 e. The number of carboxylic acids is 1. The first-order valence-electron chi connectivity index (χ1n) is 5.13. The van der Waals surface area contributed by atoms with Gasteiger partial charge in [-0.05, 0) is 23.8 Å². The van der Waals surface area contributed by atoms with Gasteiger partial charge in [-0.3, -0.25) is 0 Å². The minimum atomic E-state index is -1.01. The average Bonchev–Trinajstić information content (AvgIpc) is 2.67. The Bertz CT molecular complexity index is 550. The van der Waals surface area contributed by atoms with E-state index in [4.69, 9.17) is 9.84 Å². The quantitative estimate of drug-likeness (QED) is 0.854. The van der Waals surface area contributed by atoms with Crippen LogP contribution in [-0.4, -0.2) is 29.3 Å². The molecule has 90 valence electrons. The summed E-state index contributed by atoms with van der Waals surface area (Å²) in [6, 6.07) is 4.36. The van der Waals surface area contributed by atoms with E-state index in [0.717, 1.165) is 10.9 Å². The van der Waals surface area contributed by atoms with Crippen LogP contribution in [0.25, 0.3) is 10.9 Å². The number of halogens is 1. The van der Waals surface area contributed by atoms with Crippen molar-refractivity contribution in [3.05, 3.63) is 35.8 Å². The summed E-state index contributed by atoms with van der Waals surface area (Å²) in [5, 5.41) is 9.71. The van der Waals surface area contributed by atoms with Gasteiger partial charge in [0.05, 0.1) is 0 Å². The molecule has 0 aliphatic carbocycles. The Hall–Kier alpha value is -1.88. The number of ether oxygens (including phenoxy) is 1. The van der Waals surface area contributed by atoms with Gasteiger partial charge in [-0.15, -0.1) is 0 Å². The van der Waals surface area contributed by atoms with Gasteiger partial charge >= 0.3 is 5.97 Å². The molecule has 17 heavy (non-hydrogen) atoms. The van der Waals surface area contributed by atoms with Crippen molar-refractivity contribution < 1.29 is 19.0 Å². The Kier molecular flexibility index (Phi) is 3.10. The van der Waals surface area contributed by atoms with E-state index in [9.17, 15) is 9.18 Å². The molecule has 2 aromatic rings. The lowest BCUT2D eigenvalue weighted by Crippen LogP contribution is -2.24. The third-order valence-electron chi connectivity index (χ3n) is 2.69. The number of benzene rings is 1. The predicted octanol–water partition coefficient (Wildman–Crippen LogP) is 1.95. The van der Waals surface area contributed by atoms with Gasteiger partial charge < -0.3 is 14.8 Å². The highest BCUT2D eigenvalue weighted by Crippen LogP contribution is 2.21. The minimum absolute atomic E-state index is 0.247. The number of fused-ring (bicyclic) bond motifs is 1. The highest BCUT2D eigenvalue weighted by Gasteiger charge is 2.18. The number of hydrogen-bond acceptors (Lipinski definition) is 2. The van der Waals surface area contributed by atoms with Crippen molar-refractivity contribution in [3.8, 4) is 0 Å². The molecule has 0 amide bonds. The molecule has 1 heterocycles. The van der Waals surface area contributed by atoms with Gasteiger partial charge in [-0.2, -0.15) is 0 Å². The van der Waals surface area contributed by atoms with E-state index in [-0.39, 0.29) is 12.2 Å². The Morgan fingerprint density at radius 2 is 2.35 bits per heavy atom. The number of methoxy groups -OCH3 is 1. The molecule has 0 aliphatic rings. The largest absolute Gasteiger partial charge is 0.479 e. The van der Waals surface area contributed by atoms with E-state index in [1.165, 1.54) is 19.2 Å². The van der Waals surface area contributed by atoms with Crippen molar-refractivity contribution in [2.24, 2.45) is 0 Å². The fraction of sp³-hybridized carbons (Fsp3) is 0.250. The Balaban J connectivity index is 2.33. The van der Waals surface area contributed by atoms with Gasteiger partial charge in [0.1, 0.15) is 5.82 Å². The zero-order valence-electron chi connectivity index (χ0n) is 9.24. The van der Waals surface area contributed by atoms with E-state index in [2.05, 4.69) is 4.98 Å².